The first-order chi connectivity index (χ1) is 13.6. The summed E-state index contributed by atoms with van der Waals surface area (Å²) in [5.41, 5.74) is 9.00. The first-order valence-electron chi connectivity index (χ1n) is 8.41. The van der Waals surface area contributed by atoms with Gasteiger partial charge >= 0.3 is 15.1 Å². The van der Waals surface area contributed by atoms with Crippen LogP contribution in [0.3, 0.4) is 0 Å². The normalized spacial score (nSPS) is 9.86. The maximum atomic E-state index is 12.4. The van der Waals surface area contributed by atoms with Crippen LogP contribution in [0.1, 0.15) is 0 Å². The summed E-state index contributed by atoms with van der Waals surface area (Å²) in [7, 11) is -5.07. The van der Waals surface area contributed by atoms with Crippen LogP contribution >= 0.6 is 0 Å². The third-order valence-corrected chi connectivity index (χ3v) is 10.6. The van der Waals surface area contributed by atoms with Crippen molar-refractivity contribution in [2.75, 3.05) is 0 Å². The summed E-state index contributed by atoms with van der Waals surface area (Å²) in [5, 5.41) is 0. The lowest BCUT2D eigenvalue weighted by atomic mass is 10.6. The second-order valence-electron chi connectivity index (χ2n) is 5.60. The third kappa shape index (κ3) is 5.82. The van der Waals surface area contributed by atoms with E-state index in [4.69, 9.17) is 11.4 Å². The van der Waals surface area contributed by atoms with Gasteiger partial charge in [0.15, 0.2) is 25.2 Å². The van der Waals surface area contributed by atoms with E-state index in [1.165, 1.54) is 0 Å². The lowest BCUT2D eigenvalue weighted by Crippen LogP contribution is -2.38. The van der Waals surface area contributed by atoms with Crippen molar-refractivity contribution in [2.24, 2.45) is 0 Å². The van der Waals surface area contributed by atoms with Crippen LogP contribution in [0, 0.1) is 0 Å². The highest BCUT2D eigenvalue weighted by Gasteiger charge is 2.49. The Labute approximate surface area is 171 Å². The summed E-state index contributed by atoms with van der Waals surface area (Å²) in [6.07, 6.45) is 0. The highest BCUT2D eigenvalue weighted by atomic mass is 28.2. The van der Waals surface area contributed by atoms with E-state index in [-0.39, 0.29) is 0 Å². The maximum Gasteiger partial charge on any atom is 1.20 e. The Hall–Kier alpha value is -2.36. The van der Waals surface area contributed by atoms with E-state index in [1.54, 1.807) is 70.5 Å². The summed E-state index contributed by atoms with van der Waals surface area (Å²) in [6.45, 7) is 0. The molecule has 0 unspecified atom stereocenters. The maximum absolute atomic E-state index is 12.4. The molecule has 0 amide bonds. The summed E-state index contributed by atoms with van der Waals surface area (Å²) >= 11 is -3.33. The molecule has 0 aliphatic heterocycles. The minimum Gasteiger partial charge on any atom is -0.552 e. The smallest absolute Gasteiger partial charge is 0.552 e. The van der Waals surface area contributed by atoms with Crippen LogP contribution < -0.4 is 0 Å². The molecule has 138 valence electrons. The van der Waals surface area contributed by atoms with Crippen LogP contribution in [0.4, 0.5) is 14.4 Å². The Morgan fingerprint density at radius 2 is 0.714 bits per heavy atom. The SMILES string of the molecule is O=C([O][Al]([O]C(=O)[si]1ccccc1)[O]C(=O)[si]1ccccc1)[si]1ccccc1. The average Bonchev–Trinajstić information content (AvgIpc) is 2.75. The number of rotatable bonds is 6. The van der Waals surface area contributed by atoms with Crippen molar-refractivity contribution in [3.8, 4) is 0 Å². The molecule has 0 radical (unpaired) electrons. The molecular weight excluding hydrogens is 423 g/mol. The molecule has 0 bridgehead atoms. The fourth-order valence-corrected chi connectivity index (χ4v) is 8.49. The molecule has 3 rings (SSSR count). The Morgan fingerprint density at radius 3 is 0.964 bits per heavy atom. The quantitative estimate of drug-likeness (QED) is 0.551. The van der Waals surface area contributed by atoms with Gasteiger partial charge in [-0.05, 0) is 0 Å². The van der Waals surface area contributed by atoms with E-state index in [1.807, 2.05) is 18.2 Å². The molecule has 0 saturated carbocycles. The van der Waals surface area contributed by atoms with Gasteiger partial charge in [-0.15, -0.1) is 0 Å². The molecule has 3 heterocycles. The molecule has 6 nitrogen and oxygen atoms in total. The second kappa shape index (κ2) is 10.3. The average molecular weight is 439 g/mol. The van der Waals surface area contributed by atoms with Crippen molar-refractivity contribution in [1.29, 1.82) is 0 Å². The zero-order chi connectivity index (χ0) is 19.8. The Balaban J connectivity index is 1.76. The first kappa shape index (κ1) is 20.4. The van der Waals surface area contributed by atoms with Gasteiger partial charge in [0.05, 0.1) is 0 Å². The van der Waals surface area contributed by atoms with Gasteiger partial charge in [0.2, 0.25) is 0 Å². The molecule has 10 heteroatoms. The van der Waals surface area contributed by atoms with E-state index in [2.05, 4.69) is 0 Å². The highest BCUT2D eigenvalue weighted by Crippen LogP contribution is 2.03. The molecule has 3 aromatic heterocycles. The zero-order valence-corrected chi connectivity index (χ0v) is 18.8. The summed E-state index contributed by atoms with van der Waals surface area (Å²) in [4.78, 5) is 37.3. The molecule has 28 heavy (non-hydrogen) atoms. The molecule has 3 aromatic rings. The van der Waals surface area contributed by atoms with Gasteiger partial charge in [-0.2, -0.15) is 0 Å². The highest BCUT2D eigenvalue weighted by molar-refractivity contribution is 6.86. The van der Waals surface area contributed by atoms with Crippen molar-refractivity contribution in [1.82, 2.24) is 0 Å². The molecule has 0 saturated heterocycles. The lowest BCUT2D eigenvalue weighted by Gasteiger charge is -2.13. The van der Waals surface area contributed by atoms with E-state index >= 15 is 0 Å². The number of carbonyl (C=O) groups excluding carboxylic acids is 3. The number of hydrogen-bond donors (Lipinski definition) is 0. The van der Waals surface area contributed by atoms with Crippen molar-refractivity contribution in [2.45, 2.75) is 0 Å². The Bertz CT molecular complexity index is 830. The van der Waals surface area contributed by atoms with Gasteiger partial charge in [0.1, 0.15) is 0 Å². The summed E-state index contributed by atoms with van der Waals surface area (Å²) < 4.78 is 16.1. The molecule has 0 aliphatic carbocycles. The van der Waals surface area contributed by atoms with E-state index < -0.39 is 57.1 Å². The Kier molecular flexibility index (Phi) is 7.47. The molecule has 0 N–H and O–H groups in total. The van der Waals surface area contributed by atoms with Crippen LogP contribution in [0.2, 0.25) is 0 Å². The molecule has 0 spiro atoms. The molecule has 0 aliphatic rings. The Morgan fingerprint density at radius 1 is 0.464 bits per heavy atom. The fourth-order valence-electron chi connectivity index (χ4n) is 2.26. The van der Waals surface area contributed by atoms with Gasteiger partial charge in [0, 0.05) is 0 Å². The topological polar surface area (TPSA) is 78.9 Å². The fraction of sp³-hybridized carbons (Fsp3) is 0. The van der Waals surface area contributed by atoms with Gasteiger partial charge in [-0.3, -0.25) is 14.4 Å². The van der Waals surface area contributed by atoms with Crippen molar-refractivity contribution < 1.29 is 25.7 Å². The predicted molar refractivity (Wildman–Crippen MR) is 109 cm³/mol. The van der Waals surface area contributed by atoms with E-state index in [0.29, 0.717) is 0 Å². The molecule has 0 atom stereocenters. The van der Waals surface area contributed by atoms with Gasteiger partial charge < -0.3 is 11.4 Å². The zero-order valence-electron chi connectivity index (χ0n) is 14.7. The summed E-state index contributed by atoms with van der Waals surface area (Å²) in [5.74, 6) is 0. The largest absolute Gasteiger partial charge is 1.20 e. The number of carbonyl (C=O) groups is 3. The molecular formula is C18H15AlO6Si3. The van der Waals surface area contributed by atoms with Crippen molar-refractivity contribution in [3.63, 3.8) is 0 Å². The summed E-state index contributed by atoms with van der Waals surface area (Å²) in [6, 6.07) is 16.0. The van der Waals surface area contributed by atoms with E-state index in [0.717, 1.165) is 0 Å². The monoisotopic (exact) mass is 438 g/mol. The van der Waals surface area contributed by atoms with Crippen LogP contribution in [0.25, 0.3) is 0 Å². The second-order valence-corrected chi connectivity index (χ2v) is 12.8. The van der Waals surface area contributed by atoms with Crippen LogP contribution in [0.15, 0.2) is 88.7 Å². The van der Waals surface area contributed by atoms with E-state index in [9.17, 15) is 14.4 Å². The predicted octanol–water partition coefficient (Wildman–Crippen LogP) is 3.10. The standard InChI is InChI=1S/3C6H6O2Si.Al/c3*7-6(8)9-4-2-1-3-5-9;/h3*1-5H,(H,7,8);/q;;;+3/p-3. The first-order valence-corrected chi connectivity index (χ1v) is 14.8. The van der Waals surface area contributed by atoms with Gasteiger partial charge in [-0.25, -0.2) is 0 Å². The van der Waals surface area contributed by atoms with Gasteiger partial charge in [-0.1, -0.05) is 88.7 Å². The minimum absolute atomic E-state index is 0.511. The van der Waals surface area contributed by atoms with Crippen molar-refractivity contribution in [3.05, 3.63) is 88.7 Å². The van der Waals surface area contributed by atoms with Crippen LogP contribution in [-0.2, 0) is 11.4 Å². The van der Waals surface area contributed by atoms with Crippen LogP contribution in [0.5, 0.6) is 0 Å². The van der Waals surface area contributed by atoms with Gasteiger partial charge in [0.25, 0.3) is 16.8 Å². The van der Waals surface area contributed by atoms with Crippen LogP contribution in [-0.4, -0.2) is 57.1 Å². The molecule has 0 fully saturated rings. The minimum atomic E-state index is -3.33. The third-order valence-electron chi connectivity index (χ3n) is 3.64. The van der Waals surface area contributed by atoms with Crippen molar-refractivity contribution >= 4 is 57.1 Å². The number of hydrogen-bond acceptors (Lipinski definition) is 6. The lowest BCUT2D eigenvalue weighted by molar-refractivity contribution is 0.157. The molecule has 0 aromatic carbocycles.